The first-order chi connectivity index (χ1) is 6.36. The molecule has 0 unspecified atom stereocenters. The van der Waals surface area contributed by atoms with Crippen molar-refractivity contribution in [3.63, 3.8) is 0 Å². The summed E-state index contributed by atoms with van der Waals surface area (Å²) in [6, 6.07) is 0. The van der Waals surface area contributed by atoms with Crippen LogP contribution in [0.4, 0.5) is 0 Å². The Morgan fingerprint density at radius 3 is 2.62 bits per heavy atom. The van der Waals surface area contributed by atoms with Crippen molar-refractivity contribution in [3.8, 4) is 0 Å². The summed E-state index contributed by atoms with van der Waals surface area (Å²) in [7, 11) is 0. The molecule has 0 atom stereocenters. The van der Waals surface area contributed by atoms with E-state index in [1.54, 1.807) is 12.4 Å². The molecule has 1 fully saturated rings. The Balaban J connectivity index is 2.04. The normalized spacial score (nSPS) is 17.9. The number of aromatic nitrogens is 2. The Hall–Kier alpha value is -0.630. The zero-order valence-electron chi connectivity index (χ0n) is 7.54. The number of rotatable bonds is 2. The SMILES string of the molecule is Clc1nccnc1CC1CCCC1. The summed E-state index contributed by atoms with van der Waals surface area (Å²) < 4.78 is 0. The van der Waals surface area contributed by atoms with E-state index in [0.29, 0.717) is 5.15 Å². The van der Waals surface area contributed by atoms with Gasteiger partial charge in [-0.1, -0.05) is 37.3 Å². The van der Waals surface area contributed by atoms with E-state index in [9.17, 15) is 0 Å². The molecule has 0 aromatic carbocycles. The van der Waals surface area contributed by atoms with Crippen LogP contribution < -0.4 is 0 Å². The molecule has 0 amide bonds. The molecule has 0 aliphatic heterocycles. The van der Waals surface area contributed by atoms with Crippen molar-refractivity contribution in [1.29, 1.82) is 0 Å². The molecule has 1 aliphatic rings. The van der Waals surface area contributed by atoms with E-state index in [-0.39, 0.29) is 0 Å². The molecule has 13 heavy (non-hydrogen) atoms. The highest BCUT2D eigenvalue weighted by Crippen LogP contribution is 2.28. The Bertz CT molecular complexity index is 282. The van der Waals surface area contributed by atoms with E-state index in [1.165, 1.54) is 25.7 Å². The van der Waals surface area contributed by atoms with Gasteiger partial charge in [0.1, 0.15) is 5.15 Å². The molecule has 1 aliphatic carbocycles. The van der Waals surface area contributed by atoms with E-state index in [2.05, 4.69) is 9.97 Å². The van der Waals surface area contributed by atoms with Crippen molar-refractivity contribution in [1.82, 2.24) is 9.97 Å². The van der Waals surface area contributed by atoms with Gasteiger partial charge in [-0.05, 0) is 12.3 Å². The molecule has 1 aromatic heterocycles. The number of hydrogen-bond acceptors (Lipinski definition) is 2. The minimum Gasteiger partial charge on any atom is -0.256 e. The summed E-state index contributed by atoms with van der Waals surface area (Å²) in [4.78, 5) is 8.27. The van der Waals surface area contributed by atoms with Gasteiger partial charge in [0, 0.05) is 12.4 Å². The van der Waals surface area contributed by atoms with Gasteiger partial charge < -0.3 is 0 Å². The standard InChI is InChI=1S/C10H13ClN2/c11-10-9(12-5-6-13-10)7-8-3-1-2-4-8/h5-6,8H,1-4,7H2. The maximum absolute atomic E-state index is 5.93. The fourth-order valence-corrected chi connectivity index (χ4v) is 2.16. The van der Waals surface area contributed by atoms with Crippen molar-refractivity contribution >= 4 is 11.6 Å². The molecular formula is C10H13ClN2. The number of halogens is 1. The van der Waals surface area contributed by atoms with Gasteiger partial charge in [-0.3, -0.25) is 4.98 Å². The molecule has 0 bridgehead atoms. The molecule has 0 N–H and O–H groups in total. The van der Waals surface area contributed by atoms with Crippen LogP contribution in [-0.2, 0) is 6.42 Å². The van der Waals surface area contributed by atoms with Gasteiger partial charge in [0.25, 0.3) is 0 Å². The summed E-state index contributed by atoms with van der Waals surface area (Å²) in [5.41, 5.74) is 0.969. The third kappa shape index (κ3) is 2.19. The largest absolute Gasteiger partial charge is 0.256 e. The molecule has 70 valence electrons. The molecule has 3 heteroatoms. The Morgan fingerprint density at radius 1 is 1.23 bits per heavy atom. The second-order valence-electron chi connectivity index (χ2n) is 3.65. The first-order valence-electron chi connectivity index (χ1n) is 4.81. The quantitative estimate of drug-likeness (QED) is 0.727. The van der Waals surface area contributed by atoms with Crippen LogP contribution in [0.3, 0.4) is 0 Å². The molecule has 0 radical (unpaired) electrons. The van der Waals surface area contributed by atoms with Crippen LogP contribution in [0.1, 0.15) is 31.4 Å². The molecule has 1 aromatic rings. The molecule has 1 heterocycles. The monoisotopic (exact) mass is 196 g/mol. The Kier molecular flexibility index (Phi) is 2.79. The van der Waals surface area contributed by atoms with Crippen LogP contribution in [0.25, 0.3) is 0 Å². The third-order valence-electron chi connectivity index (χ3n) is 2.68. The lowest BCUT2D eigenvalue weighted by atomic mass is 10.0. The first kappa shape index (κ1) is 8.95. The molecule has 2 nitrogen and oxygen atoms in total. The van der Waals surface area contributed by atoms with Crippen molar-refractivity contribution in [2.45, 2.75) is 32.1 Å². The van der Waals surface area contributed by atoms with Gasteiger partial charge in [0.05, 0.1) is 5.69 Å². The zero-order chi connectivity index (χ0) is 9.10. The lowest BCUT2D eigenvalue weighted by Gasteiger charge is -2.07. The van der Waals surface area contributed by atoms with Gasteiger partial charge in [0.15, 0.2) is 0 Å². The molecule has 0 saturated heterocycles. The van der Waals surface area contributed by atoms with Crippen LogP contribution in [-0.4, -0.2) is 9.97 Å². The number of hydrogen-bond donors (Lipinski definition) is 0. The summed E-state index contributed by atoms with van der Waals surface area (Å²) in [6.07, 6.45) is 9.74. The summed E-state index contributed by atoms with van der Waals surface area (Å²) in [5.74, 6) is 0.786. The van der Waals surface area contributed by atoms with Gasteiger partial charge >= 0.3 is 0 Å². The summed E-state index contributed by atoms with van der Waals surface area (Å²) in [5, 5.41) is 0.578. The van der Waals surface area contributed by atoms with Crippen LogP contribution in [0.2, 0.25) is 5.15 Å². The molecule has 2 rings (SSSR count). The minimum atomic E-state index is 0.578. The zero-order valence-corrected chi connectivity index (χ0v) is 8.30. The van der Waals surface area contributed by atoms with E-state index in [0.717, 1.165) is 18.0 Å². The van der Waals surface area contributed by atoms with E-state index in [4.69, 9.17) is 11.6 Å². The van der Waals surface area contributed by atoms with Crippen LogP contribution in [0.15, 0.2) is 12.4 Å². The van der Waals surface area contributed by atoms with Gasteiger partial charge in [-0.15, -0.1) is 0 Å². The second-order valence-corrected chi connectivity index (χ2v) is 4.01. The van der Waals surface area contributed by atoms with Gasteiger partial charge in [-0.25, -0.2) is 4.98 Å². The third-order valence-corrected chi connectivity index (χ3v) is 3.00. The predicted octanol–water partition coefficient (Wildman–Crippen LogP) is 2.86. The van der Waals surface area contributed by atoms with Crippen LogP contribution >= 0.6 is 11.6 Å². The Labute approximate surface area is 83.4 Å². The van der Waals surface area contributed by atoms with Gasteiger partial charge in [0.2, 0.25) is 0 Å². The molecular weight excluding hydrogens is 184 g/mol. The van der Waals surface area contributed by atoms with Gasteiger partial charge in [-0.2, -0.15) is 0 Å². The second kappa shape index (κ2) is 4.05. The maximum Gasteiger partial charge on any atom is 0.150 e. The van der Waals surface area contributed by atoms with Crippen molar-refractivity contribution in [3.05, 3.63) is 23.2 Å². The van der Waals surface area contributed by atoms with E-state index in [1.807, 2.05) is 0 Å². The highest BCUT2D eigenvalue weighted by atomic mass is 35.5. The van der Waals surface area contributed by atoms with Crippen LogP contribution in [0, 0.1) is 5.92 Å². The highest BCUT2D eigenvalue weighted by molar-refractivity contribution is 6.29. The van der Waals surface area contributed by atoms with E-state index < -0.39 is 0 Å². The molecule has 0 spiro atoms. The fourth-order valence-electron chi connectivity index (χ4n) is 1.97. The van der Waals surface area contributed by atoms with Crippen molar-refractivity contribution < 1.29 is 0 Å². The average molecular weight is 197 g/mol. The molecule has 1 saturated carbocycles. The minimum absolute atomic E-state index is 0.578. The summed E-state index contributed by atoms with van der Waals surface area (Å²) >= 11 is 5.93. The smallest absolute Gasteiger partial charge is 0.150 e. The topological polar surface area (TPSA) is 25.8 Å². The Morgan fingerprint density at radius 2 is 1.92 bits per heavy atom. The van der Waals surface area contributed by atoms with Crippen LogP contribution in [0.5, 0.6) is 0 Å². The summed E-state index contributed by atoms with van der Waals surface area (Å²) in [6.45, 7) is 0. The lowest BCUT2D eigenvalue weighted by Crippen LogP contribution is -2.02. The average Bonchev–Trinajstić information content (AvgIpc) is 2.61. The fraction of sp³-hybridized carbons (Fsp3) is 0.600. The maximum atomic E-state index is 5.93. The first-order valence-corrected chi connectivity index (χ1v) is 5.19. The highest BCUT2D eigenvalue weighted by Gasteiger charge is 2.17. The number of nitrogens with zero attached hydrogens (tertiary/aromatic N) is 2. The van der Waals surface area contributed by atoms with Crippen molar-refractivity contribution in [2.75, 3.05) is 0 Å². The van der Waals surface area contributed by atoms with E-state index >= 15 is 0 Å². The predicted molar refractivity (Wildman–Crippen MR) is 52.7 cm³/mol. The van der Waals surface area contributed by atoms with Crippen molar-refractivity contribution in [2.24, 2.45) is 5.92 Å². The lowest BCUT2D eigenvalue weighted by molar-refractivity contribution is 0.538.